The first-order chi connectivity index (χ1) is 14.6. The topological polar surface area (TPSA) is 82.5 Å². The van der Waals surface area contributed by atoms with E-state index >= 15 is 0 Å². The number of carbonyl (C=O) groups is 1. The van der Waals surface area contributed by atoms with E-state index in [0.29, 0.717) is 39.7 Å². The standard InChI is InChI=1S/C21H23F3N2O3S2/c1-10-9-30-18(25-10)16-14-7-6-11(21(22,23)24)8-15(14)31-19(16)26-17(27)12-4-2-3-5-13(12)20(28)29/h9,11,17,26-27H,2-8H2,1H3,(H,28,29). The van der Waals surface area contributed by atoms with Gasteiger partial charge in [-0.3, -0.25) is 0 Å². The zero-order valence-corrected chi connectivity index (χ0v) is 18.5. The highest BCUT2D eigenvalue weighted by Crippen LogP contribution is 2.49. The smallest absolute Gasteiger partial charge is 0.392 e. The minimum absolute atomic E-state index is 0.0287. The largest absolute Gasteiger partial charge is 0.478 e. The maximum atomic E-state index is 13.3. The number of hydrogen-bond donors (Lipinski definition) is 3. The second-order valence-electron chi connectivity index (χ2n) is 8.05. The van der Waals surface area contributed by atoms with Crippen LogP contribution in [0.25, 0.3) is 10.6 Å². The zero-order valence-electron chi connectivity index (χ0n) is 16.9. The van der Waals surface area contributed by atoms with E-state index in [1.54, 1.807) is 0 Å². The van der Waals surface area contributed by atoms with Crippen LogP contribution in [0.4, 0.5) is 18.2 Å². The summed E-state index contributed by atoms with van der Waals surface area (Å²) in [6.07, 6.45) is -2.78. The van der Waals surface area contributed by atoms with Gasteiger partial charge in [-0.15, -0.1) is 22.7 Å². The molecule has 31 heavy (non-hydrogen) atoms. The lowest BCUT2D eigenvalue weighted by Crippen LogP contribution is -2.28. The summed E-state index contributed by atoms with van der Waals surface area (Å²) in [6, 6.07) is 0. The van der Waals surface area contributed by atoms with Gasteiger partial charge in [0.15, 0.2) is 0 Å². The highest BCUT2D eigenvalue weighted by atomic mass is 32.1. The Balaban J connectivity index is 1.72. The molecule has 0 aromatic carbocycles. The number of aromatic nitrogens is 1. The van der Waals surface area contributed by atoms with E-state index in [1.807, 2.05) is 12.3 Å². The van der Waals surface area contributed by atoms with Gasteiger partial charge in [-0.25, -0.2) is 9.78 Å². The molecule has 0 spiro atoms. The van der Waals surface area contributed by atoms with Crippen molar-refractivity contribution in [2.45, 2.75) is 64.3 Å². The van der Waals surface area contributed by atoms with Crippen molar-refractivity contribution in [2.75, 3.05) is 5.32 Å². The Labute approximate surface area is 185 Å². The van der Waals surface area contributed by atoms with Crippen molar-refractivity contribution in [3.05, 3.63) is 32.7 Å². The van der Waals surface area contributed by atoms with E-state index < -0.39 is 24.3 Å². The Morgan fingerprint density at radius 1 is 1.29 bits per heavy atom. The number of carboxylic acids is 1. The molecule has 0 aliphatic heterocycles. The minimum atomic E-state index is -4.24. The summed E-state index contributed by atoms with van der Waals surface area (Å²) < 4.78 is 40.0. The third-order valence-electron chi connectivity index (χ3n) is 5.93. The molecule has 4 rings (SSSR count). The van der Waals surface area contributed by atoms with Gasteiger partial charge in [-0.1, -0.05) is 0 Å². The molecule has 0 saturated heterocycles. The Morgan fingerprint density at radius 2 is 2.03 bits per heavy atom. The second-order valence-corrected chi connectivity index (χ2v) is 10.0. The number of aliphatic carboxylic acids is 1. The van der Waals surface area contributed by atoms with Crippen molar-refractivity contribution < 1.29 is 28.2 Å². The molecule has 2 aromatic heterocycles. The quantitative estimate of drug-likeness (QED) is 0.498. The first-order valence-electron chi connectivity index (χ1n) is 10.2. The molecule has 2 unspecified atom stereocenters. The number of aryl methyl sites for hydroxylation is 1. The van der Waals surface area contributed by atoms with Gasteiger partial charge in [-0.2, -0.15) is 13.2 Å². The van der Waals surface area contributed by atoms with E-state index in [1.165, 1.54) is 22.7 Å². The van der Waals surface area contributed by atoms with Crippen molar-refractivity contribution in [3.63, 3.8) is 0 Å². The van der Waals surface area contributed by atoms with Crippen LogP contribution in [0, 0.1) is 12.8 Å². The third kappa shape index (κ3) is 4.51. The number of nitrogens with zero attached hydrogens (tertiary/aromatic N) is 1. The number of aliphatic hydroxyl groups is 1. The molecular formula is C21H23F3N2O3S2. The van der Waals surface area contributed by atoms with Crippen molar-refractivity contribution in [3.8, 4) is 10.6 Å². The van der Waals surface area contributed by atoms with Crippen molar-refractivity contribution in [2.24, 2.45) is 5.92 Å². The van der Waals surface area contributed by atoms with Crippen LogP contribution < -0.4 is 5.32 Å². The van der Waals surface area contributed by atoms with Gasteiger partial charge in [-0.05, 0) is 63.0 Å². The summed E-state index contributed by atoms with van der Waals surface area (Å²) in [7, 11) is 0. The molecular weight excluding hydrogens is 449 g/mol. The third-order valence-corrected chi connectivity index (χ3v) is 8.09. The molecule has 10 heteroatoms. The molecule has 3 N–H and O–H groups in total. The van der Waals surface area contributed by atoms with Gasteiger partial charge in [0.1, 0.15) is 16.2 Å². The number of halogens is 3. The van der Waals surface area contributed by atoms with Gasteiger partial charge in [0.25, 0.3) is 0 Å². The molecule has 0 radical (unpaired) electrons. The van der Waals surface area contributed by atoms with Crippen LogP contribution in [0.3, 0.4) is 0 Å². The predicted molar refractivity (Wildman–Crippen MR) is 114 cm³/mol. The molecule has 0 bridgehead atoms. The molecule has 0 saturated carbocycles. The normalized spacial score (nSPS) is 20.5. The van der Waals surface area contributed by atoms with Crippen LogP contribution in [0.1, 0.15) is 48.2 Å². The number of nitrogens with one attached hydrogen (secondary N) is 1. The van der Waals surface area contributed by atoms with Crippen molar-refractivity contribution >= 4 is 33.6 Å². The second kappa shape index (κ2) is 8.55. The maximum Gasteiger partial charge on any atom is 0.392 e. The molecule has 2 aliphatic rings. The molecule has 0 fully saturated rings. The Morgan fingerprint density at radius 3 is 2.68 bits per heavy atom. The number of thiazole rings is 1. The summed E-state index contributed by atoms with van der Waals surface area (Å²) in [5.41, 5.74) is 3.08. The minimum Gasteiger partial charge on any atom is -0.478 e. The molecule has 5 nitrogen and oxygen atoms in total. The number of thiophene rings is 1. The predicted octanol–water partition coefficient (Wildman–Crippen LogP) is 5.53. The highest BCUT2D eigenvalue weighted by molar-refractivity contribution is 7.18. The summed E-state index contributed by atoms with van der Waals surface area (Å²) >= 11 is 2.63. The number of carboxylic acid groups (broad SMARTS) is 1. The fraction of sp³-hybridized carbons (Fsp3) is 0.524. The fourth-order valence-corrected chi connectivity index (χ4v) is 6.64. The van der Waals surface area contributed by atoms with Gasteiger partial charge in [0.2, 0.25) is 0 Å². The average molecular weight is 473 g/mol. The first kappa shape index (κ1) is 22.3. The molecule has 2 heterocycles. The zero-order chi connectivity index (χ0) is 22.3. The van der Waals surface area contributed by atoms with E-state index in [9.17, 15) is 28.2 Å². The maximum absolute atomic E-state index is 13.3. The number of rotatable bonds is 5. The van der Waals surface area contributed by atoms with Crippen molar-refractivity contribution in [1.29, 1.82) is 0 Å². The first-order valence-corrected chi connectivity index (χ1v) is 11.9. The molecule has 2 aliphatic carbocycles. The van der Waals surface area contributed by atoms with Crippen LogP contribution in [0.2, 0.25) is 0 Å². The molecule has 2 aromatic rings. The summed E-state index contributed by atoms with van der Waals surface area (Å²) in [4.78, 5) is 16.8. The Kier molecular flexibility index (Phi) is 6.15. The van der Waals surface area contributed by atoms with Crippen molar-refractivity contribution in [1.82, 2.24) is 4.98 Å². The highest BCUT2D eigenvalue weighted by Gasteiger charge is 2.43. The molecule has 168 valence electrons. The Bertz CT molecular complexity index is 1030. The van der Waals surface area contributed by atoms with Crippen LogP contribution in [-0.4, -0.2) is 33.6 Å². The van der Waals surface area contributed by atoms with Crippen LogP contribution in [0.5, 0.6) is 0 Å². The number of aliphatic hydroxyl groups excluding tert-OH is 1. The summed E-state index contributed by atoms with van der Waals surface area (Å²) in [5.74, 6) is -2.41. The lowest BCUT2D eigenvalue weighted by molar-refractivity contribution is -0.176. The van der Waals surface area contributed by atoms with Gasteiger partial charge in [0.05, 0.1) is 5.92 Å². The van der Waals surface area contributed by atoms with E-state index in [2.05, 4.69) is 10.3 Å². The van der Waals surface area contributed by atoms with Crippen LogP contribution >= 0.6 is 22.7 Å². The SMILES string of the molecule is Cc1csc(-c2c(NC(O)C3=C(C(=O)O)CCCC3)sc3c2CCC(C(F)(F)F)C3)n1. The molecule has 2 atom stereocenters. The summed E-state index contributed by atoms with van der Waals surface area (Å²) in [6.45, 7) is 1.85. The summed E-state index contributed by atoms with van der Waals surface area (Å²) in [5, 5.41) is 26.5. The van der Waals surface area contributed by atoms with Crippen LogP contribution in [-0.2, 0) is 17.6 Å². The lowest BCUT2D eigenvalue weighted by atomic mass is 9.86. The monoisotopic (exact) mass is 472 g/mol. The number of fused-ring (bicyclic) bond motifs is 1. The molecule has 0 amide bonds. The van der Waals surface area contributed by atoms with Gasteiger partial charge >= 0.3 is 12.1 Å². The number of anilines is 1. The van der Waals surface area contributed by atoms with E-state index in [0.717, 1.165) is 29.7 Å². The van der Waals surface area contributed by atoms with E-state index in [4.69, 9.17) is 0 Å². The van der Waals surface area contributed by atoms with Gasteiger partial charge < -0.3 is 15.5 Å². The van der Waals surface area contributed by atoms with Gasteiger partial charge in [0, 0.05) is 27.1 Å². The average Bonchev–Trinajstić information content (AvgIpc) is 3.29. The van der Waals surface area contributed by atoms with E-state index in [-0.39, 0.29) is 18.4 Å². The lowest BCUT2D eigenvalue weighted by Gasteiger charge is -2.24. The fourth-order valence-electron chi connectivity index (χ4n) is 4.35. The number of alkyl halides is 3. The van der Waals surface area contributed by atoms with Crippen LogP contribution in [0.15, 0.2) is 16.5 Å². The number of hydrogen-bond acceptors (Lipinski definition) is 6. The Hall–Kier alpha value is -1.91.